The first-order valence-corrected chi connectivity index (χ1v) is 5.04. The SMILES string of the molecule is C#CNC1(C)CCCN(C(C)C)C1. The van der Waals surface area contributed by atoms with Crippen molar-refractivity contribution in [2.24, 2.45) is 0 Å². The number of likely N-dealkylation sites (tertiary alicyclic amines) is 1. The Morgan fingerprint density at radius 1 is 1.54 bits per heavy atom. The summed E-state index contributed by atoms with van der Waals surface area (Å²) in [6.45, 7) is 8.96. The van der Waals surface area contributed by atoms with Gasteiger partial charge < -0.3 is 5.32 Å². The number of rotatable bonds is 2. The van der Waals surface area contributed by atoms with Crippen molar-refractivity contribution in [1.29, 1.82) is 0 Å². The van der Waals surface area contributed by atoms with E-state index in [-0.39, 0.29) is 5.54 Å². The molecule has 0 aromatic carbocycles. The molecule has 1 unspecified atom stereocenters. The lowest BCUT2D eigenvalue weighted by atomic mass is 9.90. The van der Waals surface area contributed by atoms with Crippen molar-refractivity contribution < 1.29 is 0 Å². The average Bonchev–Trinajstić information content (AvgIpc) is 2.04. The van der Waals surface area contributed by atoms with Gasteiger partial charge in [-0.1, -0.05) is 6.42 Å². The van der Waals surface area contributed by atoms with E-state index in [2.05, 4.69) is 37.0 Å². The van der Waals surface area contributed by atoms with E-state index >= 15 is 0 Å². The summed E-state index contributed by atoms with van der Waals surface area (Å²) in [6.07, 6.45) is 7.71. The molecule has 2 nitrogen and oxygen atoms in total. The van der Waals surface area contributed by atoms with E-state index in [9.17, 15) is 0 Å². The maximum atomic E-state index is 5.29. The minimum Gasteiger partial charge on any atom is -0.339 e. The molecular formula is C11H20N2. The third-order valence-corrected chi connectivity index (χ3v) is 2.83. The van der Waals surface area contributed by atoms with Gasteiger partial charge in [0.25, 0.3) is 0 Å². The highest BCUT2D eigenvalue weighted by Gasteiger charge is 2.30. The Bertz CT molecular complexity index is 205. The highest BCUT2D eigenvalue weighted by atomic mass is 15.2. The second-order valence-corrected chi connectivity index (χ2v) is 4.50. The summed E-state index contributed by atoms with van der Waals surface area (Å²) in [5, 5.41) is 3.13. The first-order chi connectivity index (χ1) is 6.07. The molecule has 1 fully saturated rings. The summed E-state index contributed by atoms with van der Waals surface area (Å²) in [5.74, 6) is 0. The van der Waals surface area contributed by atoms with Crippen LogP contribution in [0.15, 0.2) is 0 Å². The highest BCUT2D eigenvalue weighted by molar-refractivity contribution is 4.98. The van der Waals surface area contributed by atoms with Crippen molar-refractivity contribution in [3.63, 3.8) is 0 Å². The quantitative estimate of drug-likeness (QED) is 0.511. The van der Waals surface area contributed by atoms with Crippen molar-refractivity contribution in [3.8, 4) is 12.5 Å². The largest absolute Gasteiger partial charge is 0.339 e. The molecule has 74 valence electrons. The molecule has 0 amide bonds. The fourth-order valence-electron chi connectivity index (χ4n) is 2.00. The van der Waals surface area contributed by atoms with Crippen molar-refractivity contribution in [2.45, 2.75) is 45.2 Å². The molecule has 0 radical (unpaired) electrons. The van der Waals surface area contributed by atoms with Gasteiger partial charge in [-0.2, -0.15) is 0 Å². The molecule has 1 N–H and O–H groups in total. The van der Waals surface area contributed by atoms with Crippen LogP contribution in [0.2, 0.25) is 0 Å². The Morgan fingerprint density at radius 3 is 2.77 bits per heavy atom. The first kappa shape index (κ1) is 10.4. The highest BCUT2D eigenvalue weighted by Crippen LogP contribution is 2.21. The van der Waals surface area contributed by atoms with Crippen LogP contribution in [0.25, 0.3) is 0 Å². The summed E-state index contributed by atoms with van der Waals surface area (Å²) in [7, 11) is 0. The maximum Gasteiger partial charge on any atom is 0.0548 e. The van der Waals surface area contributed by atoms with Crippen molar-refractivity contribution in [3.05, 3.63) is 0 Å². The van der Waals surface area contributed by atoms with Crippen LogP contribution in [0.5, 0.6) is 0 Å². The van der Waals surface area contributed by atoms with Gasteiger partial charge in [-0.3, -0.25) is 4.90 Å². The minimum absolute atomic E-state index is 0.122. The van der Waals surface area contributed by atoms with Crippen molar-refractivity contribution in [1.82, 2.24) is 10.2 Å². The Morgan fingerprint density at radius 2 is 2.23 bits per heavy atom. The van der Waals surface area contributed by atoms with Crippen LogP contribution in [0, 0.1) is 12.5 Å². The minimum atomic E-state index is 0.122. The van der Waals surface area contributed by atoms with Crippen LogP contribution < -0.4 is 5.32 Å². The van der Waals surface area contributed by atoms with Crippen LogP contribution in [-0.2, 0) is 0 Å². The van der Waals surface area contributed by atoms with Gasteiger partial charge in [-0.15, -0.1) is 0 Å². The van der Waals surface area contributed by atoms with Crippen LogP contribution in [-0.4, -0.2) is 29.6 Å². The molecule has 0 bridgehead atoms. The van der Waals surface area contributed by atoms with E-state index < -0.39 is 0 Å². The van der Waals surface area contributed by atoms with Gasteiger partial charge in [-0.05, 0) is 40.2 Å². The molecule has 1 atom stereocenters. The number of piperidine rings is 1. The molecule has 1 rings (SSSR count). The zero-order valence-electron chi connectivity index (χ0n) is 8.93. The van der Waals surface area contributed by atoms with E-state index in [1.54, 1.807) is 0 Å². The van der Waals surface area contributed by atoms with Gasteiger partial charge in [0.05, 0.1) is 5.54 Å². The molecule has 0 saturated carbocycles. The molecule has 1 heterocycles. The molecule has 1 aliphatic rings. The Hall–Kier alpha value is -0.680. The smallest absolute Gasteiger partial charge is 0.0548 e. The predicted octanol–water partition coefficient (Wildman–Crippen LogP) is 1.43. The number of hydrogen-bond acceptors (Lipinski definition) is 2. The van der Waals surface area contributed by atoms with E-state index in [1.807, 2.05) is 0 Å². The van der Waals surface area contributed by atoms with Crippen LogP contribution in [0.4, 0.5) is 0 Å². The lowest BCUT2D eigenvalue weighted by Crippen LogP contribution is -2.55. The van der Waals surface area contributed by atoms with Gasteiger partial charge in [0.2, 0.25) is 0 Å². The zero-order valence-corrected chi connectivity index (χ0v) is 8.93. The summed E-state index contributed by atoms with van der Waals surface area (Å²) in [5.41, 5.74) is 0.122. The third kappa shape index (κ3) is 2.63. The molecule has 0 aromatic rings. The molecule has 0 spiro atoms. The molecule has 13 heavy (non-hydrogen) atoms. The Labute approximate surface area is 81.7 Å². The molecule has 0 aromatic heterocycles. The second-order valence-electron chi connectivity index (χ2n) is 4.50. The average molecular weight is 180 g/mol. The van der Waals surface area contributed by atoms with Gasteiger partial charge in [0.1, 0.15) is 0 Å². The Balaban J connectivity index is 2.55. The van der Waals surface area contributed by atoms with E-state index in [4.69, 9.17) is 6.42 Å². The van der Waals surface area contributed by atoms with E-state index in [0.717, 1.165) is 6.54 Å². The van der Waals surface area contributed by atoms with Crippen molar-refractivity contribution >= 4 is 0 Å². The fraction of sp³-hybridized carbons (Fsp3) is 0.818. The molecule has 0 aliphatic carbocycles. The second kappa shape index (κ2) is 4.02. The third-order valence-electron chi connectivity index (χ3n) is 2.83. The standard InChI is InChI=1S/C11H20N2/c1-5-12-11(4)7-6-8-13(9-11)10(2)3/h1,10,12H,6-9H2,2-4H3. The molecule has 2 heteroatoms. The summed E-state index contributed by atoms with van der Waals surface area (Å²) >= 11 is 0. The van der Waals surface area contributed by atoms with Crippen LogP contribution >= 0.6 is 0 Å². The van der Waals surface area contributed by atoms with Gasteiger partial charge in [-0.25, -0.2) is 0 Å². The normalized spacial score (nSPS) is 30.1. The van der Waals surface area contributed by atoms with Gasteiger partial charge in [0.15, 0.2) is 0 Å². The topological polar surface area (TPSA) is 15.3 Å². The van der Waals surface area contributed by atoms with E-state index in [1.165, 1.54) is 19.4 Å². The maximum absolute atomic E-state index is 5.29. The van der Waals surface area contributed by atoms with Gasteiger partial charge in [0, 0.05) is 18.6 Å². The molecular weight excluding hydrogens is 160 g/mol. The first-order valence-electron chi connectivity index (χ1n) is 5.04. The lowest BCUT2D eigenvalue weighted by Gasteiger charge is -2.42. The number of terminal acetylenes is 1. The molecule has 1 saturated heterocycles. The van der Waals surface area contributed by atoms with E-state index in [0.29, 0.717) is 6.04 Å². The summed E-state index contributed by atoms with van der Waals surface area (Å²) in [6, 6.07) is 3.18. The number of nitrogens with one attached hydrogen (secondary N) is 1. The van der Waals surface area contributed by atoms with Crippen LogP contribution in [0.3, 0.4) is 0 Å². The van der Waals surface area contributed by atoms with Crippen LogP contribution in [0.1, 0.15) is 33.6 Å². The van der Waals surface area contributed by atoms with Gasteiger partial charge >= 0.3 is 0 Å². The predicted molar refractivity (Wildman–Crippen MR) is 56.3 cm³/mol. The monoisotopic (exact) mass is 180 g/mol. The zero-order chi connectivity index (χ0) is 9.90. The Kier molecular flexibility index (Phi) is 3.22. The molecule has 1 aliphatic heterocycles. The number of nitrogens with zero attached hydrogens (tertiary/aromatic N) is 1. The fourth-order valence-corrected chi connectivity index (χ4v) is 2.00. The lowest BCUT2D eigenvalue weighted by molar-refractivity contribution is 0.116. The van der Waals surface area contributed by atoms with Crippen molar-refractivity contribution in [2.75, 3.05) is 13.1 Å². The summed E-state index contributed by atoms with van der Waals surface area (Å²) in [4.78, 5) is 2.48. The number of hydrogen-bond donors (Lipinski definition) is 1. The summed E-state index contributed by atoms with van der Waals surface area (Å²) < 4.78 is 0.